The summed E-state index contributed by atoms with van der Waals surface area (Å²) >= 11 is 11.9. The third kappa shape index (κ3) is 4.29. The van der Waals surface area contributed by atoms with Gasteiger partial charge >= 0.3 is 0 Å². The molecule has 0 aromatic heterocycles. The largest absolute Gasteiger partial charge is 0.324 e. The minimum atomic E-state index is -0.331. The van der Waals surface area contributed by atoms with E-state index in [1.165, 1.54) is 12.1 Å². The van der Waals surface area contributed by atoms with Gasteiger partial charge in [-0.2, -0.15) is 41.4 Å². The van der Waals surface area contributed by atoms with Crippen LogP contribution in [0, 0.1) is 13.0 Å². The Balaban J connectivity index is 0.00000180. The van der Waals surface area contributed by atoms with E-state index in [9.17, 15) is 4.79 Å². The van der Waals surface area contributed by atoms with Gasteiger partial charge in [-0.1, -0.05) is 27.7 Å². The molecule has 2 aromatic carbocycles. The maximum atomic E-state index is 12.0. The van der Waals surface area contributed by atoms with Crippen LogP contribution < -0.4 is 5.32 Å². The van der Waals surface area contributed by atoms with Crippen LogP contribution in [0.15, 0.2) is 36.4 Å². The monoisotopic (exact) mass is 367 g/mol. The fourth-order valence-electron chi connectivity index (χ4n) is 1.49. The first-order valence-electron chi connectivity index (χ1n) is 5.31. The molecule has 0 atom stereocenters. The molecule has 1 amide bonds. The van der Waals surface area contributed by atoms with Crippen LogP contribution in [0.1, 0.15) is 15.9 Å². The second-order valence-electron chi connectivity index (χ2n) is 3.85. The van der Waals surface area contributed by atoms with E-state index in [0.717, 1.165) is 5.56 Å². The molecule has 1 N–H and O–H groups in total. The van der Waals surface area contributed by atoms with Crippen LogP contribution in [0.5, 0.6) is 0 Å². The molecule has 19 heavy (non-hydrogen) atoms. The molecule has 95 valence electrons. The molecule has 1 radical (unpaired) electrons. The molecule has 0 unspecified atom stereocenters. The third-order valence-corrected chi connectivity index (χ3v) is 3.03. The maximum Gasteiger partial charge on any atom is 0.234 e. The summed E-state index contributed by atoms with van der Waals surface area (Å²) in [4.78, 5) is 12.0. The van der Waals surface area contributed by atoms with E-state index >= 15 is 0 Å². The zero-order valence-electron chi connectivity index (χ0n) is 10.2. The molecular weight excluding hydrogens is 358 g/mol. The molecule has 2 rings (SSSR count). The molecule has 0 aliphatic rings. The number of nitrogens with one attached hydrogen (secondary N) is 1. The van der Waals surface area contributed by atoms with Gasteiger partial charge in [-0.3, -0.25) is 4.79 Å². The Morgan fingerprint density at radius 3 is 2.16 bits per heavy atom. The summed E-state index contributed by atoms with van der Waals surface area (Å²) in [6.07, 6.45) is 0. The molecule has 0 aliphatic carbocycles. The van der Waals surface area contributed by atoms with Gasteiger partial charge in [0.05, 0.1) is 0 Å². The van der Waals surface area contributed by atoms with Gasteiger partial charge in [-0.05, 0) is 24.6 Å². The van der Waals surface area contributed by atoms with Gasteiger partial charge in [0.25, 0.3) is 0 Å². The number of carbonyl (C=O) groups excluding carboxylic acids is 1. The van der Waals surface area contributed by atoms with Crippen molar-refractivity contribution >= 4 is 34.8 Å². The zero-order chi connectivity index (χ0) is 13.1. The number of benzene rings is 2. The molecular formula is C14H10Cl2NOY-. The standard InChI is InChI=1S/C14H10Cl2NO.Y/c1-9-5-7-10(8-6-9)17-14(18)13-11(15)3-2-4-12(13)16;/h3-8H,1H3,(H,17,18);/q-1;. The summed E-state index contributed by atoms with van der Waals surface area (Å²) in [6.45, 7) is 1.98. The molecule has 0 bridgehead atoms. The SMILES string of the molecule is Cc1ccc(NC(=O)c2c(Cl)c[c-]cc2Cl)cc1.[Y]. The van der Waals surface area contributed by atoms with Crippen LogP contribution in [0.3, 0.4) is 0 Å². The minimum absolute atomic E-state index is 0. The first-order chi connectivity index (χ1) is 8.58. The Morgan fingerprint density at radius 2 is 1.63 bits per heavy atom. The van der Waals surface area contributed by atoms with Crippen molar-refractivity contribution < 1.29 is 37.5 Å². The Kier molecular flexibility index (Phi) is 6.48. The van der Waals surface area contributed by atoms with Crippen molar-refractivity contribution in [2.75, 3.05) is 5.32 Å². The Hall–Kier alpha value is -0.406. The third-order valence-electron chi connectivity index (χ3n) is 2.43. The number of aryl methyl sites for hydroxylation is 1. The molecule has 0 heterocycles. The van der Waals surface area contributed by atoms with E-state index < -0.39 is 0 Å². The molecule has 5 heteroatoms. The van der Waals surface area contributed by atoms with Crippen LogP contribution in [-0.2, 0) is 32.7 Å². The van der Waals surface area contributed by atoms with Gasteiger partial charge in [0, 0.05) is 38.4 Å². The molecule has 0 saturated heterocycles. The summed E-state index contributed by atoms with van der Waals surface area (Å²) in [5.74, 6) is -0.331. The van der Waals surface area contributed by atoms with Gasteiger partial charge in [-0.15, -0.1) is 0 Å². The summed E-state index contributed by atoms with van der Waals surface area (Å²) in [7, 11) is 0. The number of halogens is 2. The van der Waals surface area contributed by atoms with E-state index in [-0.39, 0.29) is 54.2 Å². The maximum absolute atomic E-state index is 12.0. The zero-order valence-corrected chi connectivity index (χ0v) is 14.6. The van der Waals surface area contributed by atoms with Crippen LogP contribution >= 0.6 is 23.2 Å². The first-order valence-corrected chi connectivity index (χ1v) is 6.06. The molecule has 2 aromatic rings. The Morgan fingerprint density at radius 1 is 1.11 bits per heavy atom. The normalized spacial score (nSPS) is 9.63. The number of hydrogen-bond acceptors (Lipinski definition) is 1. The van der Waals surface area contributed by atoms with Gasteiger partial charge < -0.3 is 5.32 Å². The van der Waals surface area contributed by atoms with E-state index in [0.29, 0.717) is 5.69 Å². The quantitative estimate of drug-likeness (QED) is 0.785. The molecule has 2 nitrogen and oxygen atoms in total. The van der Waals surface area contributed by atoms with E-state index in [2.05, 4.69) is 11.4 Å². The van der Waals surface area contributed by atoms with Crippen molar-refractivity contribution in [2.45, 2.75) is 6.92 Å². The molecule has 0 saturated carbocycles. The van der Waals surface area contributed by atoms with E-state index in [4.69, 9.17) is 23.2 Å². The average Bonchev–Trinajstić information content (AvgIpc) is 2.32. The van der Waals surface area contributed by atoms with Crippen molar-refractivity contribution in [3.63, 3.8) is 0 Å². The van der Waals surface area contributed by atoms with Crippen LogP contribution in [-0.4, -0.2) is 5.91 Å². The van der Waals surface area contributed by atoms with Crippen LogP contribution in [0.4, 0.5) is 5.69 Å². The predicted octanol–water partition coefficient (Wildman–Crippen LogP) is 4.35. The number of rotatable bonds is 2. The fraction of sp³-hybridized carbons (Fsp3) is 0.0714. The Bertz CT molecular complexity index is 564. The van der Waals surface area contributed by atoms with E-state index in [1.807, 2.05) is 31.2 Å². The number of amides is 1. The van der Waals surface area contributed by atoms with Gasteiger partial charge in [0.2, 0.25) is 5.91 Å². The second kappa shape index (κ2) is 7.40. The smallest absolute Gasteiger partial charge is 0.234 e. The minimum Gasteiger partial charge on any atom is -0.324 e. The van der Waals surface area contributed by atoms with Gasteiger partial charge in [0.15, 0.2) is 0 Å². The number of carbonyl (C=O) groups is 1. The molecule has 0 aliphatic heterocycles. The second-order valence-corrected chi connectivity index (χ2v) is 4.66. The first kappa shape index (κ1) is 16.6. The van der Waals surface area contributed by atoms with Crippen molar-refractivity contribution in [3.05, 3.63) is 63.6 Å². The van der Waals surface area contributed by atoms with Crippen molar-refractivity contribution in [2.24, 2.45) is 0 Å². The van der Waals surface area contributed by atoms with Crippen molar-refractivity contribution in [3.8, 4) is 0 Å². The van der Waals surface area contributed by atoms with Crippen LogP contribution in [0.25, 0.3) is 0 Å². The average molecular weight is 368 g/mol. The predicted molar refractivity (Wildman–Crippen MR) is 74.4 cm³/mol. The molecule has 0 spiro atoms. The van der Waals surface area contributed by atoms with Gasteiger partial charge in [-0.25, -0.2) is 0 Å². The molecule has 0 fully saturated rings. The summed E-state index contributed by atoms with van der Waals surface area (Å²) in [5.41, 5.74) is 2.08. The van der Waals surface area contributed by atoms with Crippen LogP contribution in [0.2, 0.25) is 10.0 Å². The Labute approximate surface area is 147 Å². The topological polar surface area (TPSA) is 29.1 Å². The number of anilines is 1. The summed E-state index contributed by atoms with van der Waals surface area (Å²) in [5, 5.41) is 3.31. The van der Waals surface area contributed by atoms with Crippen molar-refractivity contribution in [1.29, 1.82) is 0 Å². The van der Waals surface area contributed by atoms with Gasteiger partial charge in [0.1, 0.15) is 0 Å². The summed E-state index contributed by atoms with van der Waals surface area (Å²) < 4.78 is 0. The van der Waals surface area contributed by atoms with Crippen molar-refractivity contribution in [1.82, 2.24) is 0 Å². The fourth-order valence-corrected chi connectivity index (χ4v) is 2.04. The van der Waals surface area contributed by atoms with E-state index in [1.54, 1.807) is 0 Å². The number of hydrogen-bond donors (Lipinski definition) is 1. The summed E-state index contributed by atoms with van der Waals surface area (Å²) in [6, 6.07) is 13.3.